The Morgan fingerprint density at radius 2 is 2.27 bits per heavy atom. The third-order valence-electron chi connectivity index (χ3n) is 5.75. The number of rotatable bonds is 2. The Hall–Kier alpha value is -2.67. The largest absolute Gasteiger partial charge is 0.353 e. The number of carbonyl (C=O) groups is 2. The standard InChI is InChI=1S/C19H20N4O3/c24-16-12-15-19(23(16)8-2-10-26-19)5-9-22(15)18(25)14-4-1-3-13(11-14)17-20-6-7-21-17/h1,3-4,6-7,11,15H,2,5,8-10,12H2,(H,20,21)/t15-,19+/m1/s1. The highest BCUT2D eigenvalue weighted by Crippen LogP contribution is 2.45. The number of nitrogens with zero attached hydrogens (tertiary/aromatic N) is 3. The Morgan fingerprint density at radius 3 is 3.12 bits per heavy atom. The minimum absolute atomic E-state index is 0.0518. The van der Waals surface area contributed by atoms with Gasteiger partial charge in [0.25, 0.3) is 5.91 Å². The molecule has 0 aliphatic carbocycles. The van der Waals surface area contributed by atoms with Crippen molar-refractivity contribution in [2.24, 2.45) is 0 Å². The van der Waals surface area contributed by atoms with E-state index in [4.69, 9.17) is 4.74 Å². The number of benzene rings is 1. The molecule has 7 heteroatoms. The summed E-state index contributed by atoms with van der Waals surface area (Å²) in [6.45, 7) is 1.99. The van der Waals surface area contributed by atoms with Gasteiger partial charge in [-0.25, -0.2) is 4.98 Å². The molecule has 2 amide bonds. The van der Waals surface area contributed by atoms with Crippen molar-refractivity contribution in [1.82, 2.24) is 19.8 Å². The maximum atomic E-state index is 13.2. The lowest BCUT2D eigenvalue weighted by atomic mass is 10.0. The summed E-state index contributed by atoms with van der Waals surface area (Å²) in [5.41, 5.74) is 0.870. The zero-order chi connectivity index (χ0) is 17.7. The van der Waals surface area contributed by atoms with E-state index in [-0.39, 0.29) is 17.9 Å². The maximum absolute atomic E-state index is 13.2. The molecule has 1 N–H and O–H groups in total. The normalized spacial score (nSPS) is 27.5. The number of likely N-dealkylation sites (tertiary alicyclic amines) is 1. The average molecular weight is 352 g/mol. The Kier molecular flexibility index (Phi) is 3.40. The molecular weight excluding hydrogens is 332 g/mol. The summed E-state index contributed by atoms with van der Waals surface area (Å²) in [6, 6.07) is 7.25. The Balaban J connectivity index is 1.45. The number of nitrogens with one attached hydrogen (secondary N) is 1. The minimum Gasteiger partial charge on any atom is -0.353 e. The van der Waals surface area contributed by atoms with Crippen LogP contribution in [0.3, 0.4) is 0 Å². The van der Waals surface area contributed by atoms with Crippen LogP contribution in [0.25, 0.3) is 11.4 Å². The van der Waals surface area contributed by atoms with Gasteiger partial charge >= 0.3 is 0 Å². The fourth-order valence-electron chi connectivity index (χ4n) is 4.58. The number of hydrogen-bond donors (Lipinski definition) is 1. The van der Waals surface area contributed by atoms with Crippen molar-refractivity contribution in [3.63, 3.8) is 0 Å². The van der Waals surface area contributed by atoms with Crippen molar-refractivity contribution in [2.75, 3.05) is 19.7 Å². The fourth-order valence-corrected chi connectivity index (χ4v) is 4.58. The molecule has 5 rings (SSSR count). The zero-order valence-electron chi connectivity index (χ0n) is 14.4. The minimum atomic E-state index is -0.608. The molecule has 1 aromatic heterocycles. The van der Waals surface area contributed by atoms with Crippen molar-refractivity contribution >= 4 is 11.8 Å². The lowest BCUT2D eigenvalue weighted by Gasteiger charge is -2.42. The van der Waals surface area contributed by atoms with Crippen LogP contribution in [0.15, 0.2) is 36.7 Å². The molecule has 26 heavy (non-hydrogen) atoms. The van der Waals surface area contributed by atoms with Gasteiger partial charge in [0, 0.05) is 43.0 Å². The second-order valence-corrected chi connectivity index (χ2v) is 7.08. The van der Waals surface area contributed by atoms with E-state index in [1.807, 2.05) is 34.1 Å². The Labute approximate surface area is 151 Å². The molecule has 1 spiro atoms. The van der Waals surface area contributed by atoms with Crippen LogP contribution in [-0.2, 0) is 9.53 Å². The van der Waals surface area contributed by atoms with E-state index in [1.165, 1.54) is 0 Å². The number of H-pyrrole nitrogens is 1. The number of aromatic nitrogens is 2. The van der Waals surface area contributed by atoms with E-state index >= 15 is 0 Å². The van der Waals surface area contributed by atoms with Crippen molar-refractivity contribution in [3.05, 3.63) is 42.2 Å². The summed E-state index contributed by atoms with van der Waals surface area (Å²) in [4.78, 5) is 36.6. The van der Waals surface area contributed by atoms with Gasteiger partial charge < -0.3 is 19.5 Å². The Morgan fingerprint density at radius 1 is 1.35 bits per heavy atom. The van der Waals surface area contributed by atoms with Gasteiger partial charge in [-0.15, -0.1) is 0 Å². The van der Waals surface area contributed by atoms with Gasteiger partial charge in [-0.3, -0.25) is 9.59 Å². The SMILES string of the molecule is O=C(c1cccc(-c2ncc[nH]2)c1)N1CC[C@@]23OCCCN2C(=O)C[C@@H]13. The summed E-state index contributed by atoms with van der Waals surface area (Å²) in [5.74, 6) is 0.774. The molecule has 0 saturated carbocycles. The molecule has 3 fully saturated rings. The van der Waals surface area contributed by atoms with E-state index in [1.54, 1.807) is 12.4 Å². The van der Waals surface area contributed by atoms with Crippen molar-refractivity contribution in [2.45, 2.75) is 31.0 Å². The van der Waals surface area contributed by atoms with Gasteiger partial charge in [-0.05, 0) is 18.6 Å². The summed E-state index contributed by atoms with van der Waals surface area (Å²) < 4.78 is 6.08. The monoisotopic (exact) mass is 352 g/mol. The summed E-state index contributed by atoms with van der Waals surface area (Å²) in [7, 11) is 0. The number of ether oxygens (including phenoxy) is 1. The molecule has 2 atom stereocenters. The molecule has 2 aromatic rings. The summed E-state index contributed by atoms with van der Waals surface area (Å²) >= 11 is 0. The number of aromatic amines is 1. The van der Waals surface area contributed by atoms with E-state index in [0.717, 1.165) is 24.4 Å². The van der Waals surface area contributed by atoms with Crippen LogP contribution in [0, 0.1) is 0 Å². The highest BCUT2D eigenvalue weighted by Gasteiger charge is 2.61. The van der Waals surface area contributed by atoms with Crippen molar-refractivity contribution in [3.8, 4) is 11.4 Å². The number of amides is 2. The molecule has 0 radical (unpaired) electrons. The molecule has 7 nitrogen and oxygen atoms in total. The molecule has 1 aromatic carbocycles. The molecule has 4 heterocycles. The van der Waals surface area contributed by atoms with Gasteiger partial charge in [0.05, 0.1) is 19.1 Å². The molecular formula is C19H20N4O3. The van der Waals surface area contributed by atoms with E-state index < -0.39 is 5.72 Å². The van der Waals surface area contributed by atoms with Crippen LogP contribution >= 0.6 is 0 Å². The topological polar surface area (TPSA) is 78.5 Å². The van der Waals surface area contributed by atoms with Gasteiger partial charge in [0.2, 0.25) is 5.91 Å². The highest BCUT2D eigenvalue weighted by atomic mass is 16.5. The van der Waals surface area contributed by atoms with Gasteiger partial charge in [0.15, 0.2) is 5.72 Å². The molecule has 0 bridgehead atoms. The number of hydrogen-bond acceptors (Lipinski definition) is 4. The van der Waals surface area contributed by atoms with Crippen LogP contribution in [-0.4, -0.2) is 63.0 Å². The van der Waals surface area contributed by atoms with E-state index in [9.17, 15) is 9.59 Å². The van der Waals surface area contributed by atoms with E-state index in [2.05, 4.69) is 9.97 Å². The Bertz CT molecular complexity index is 865. The maximum Gasteiger partial charge on any atom is 0.254 e. The lowest BCUT2D eigenvalue weighted by molar-refractivity contribution is -0.179. The van der Waals surface area contributed by atoms with E-state index in [0.29, 0.717) is 31.6 Å². The first-order valence-corrected chi connectivity index (χ1v) is 9.04. The number of carbonyl (C=O) groups excluding carboxylic acids is 2. The van der Waals surface area contributed by atoms with Gasteiger partial charge in [-0.2, -0.15) is 0 Å². The third kappa shape index (κ3) is 2.13. The fraction of sp³-hybridized carbons (Fsp3) is 0.421. The second kappa shape index (κ2) is 5.67. The molecule has 3 aliphatic rings. The van der Waals surface area contributed by atoms with Gasteiger partial charge in [0.1, 0.15) is 5.82 Å². The van der Waals surface area contributed by atoms with Crippen molar-refractivity contribution < 1.29 is 14.3 Å². The molecule has 0 unspecified atom stereocenters. The summed E-state index contributed by atoms with van der Waals surface area (Å²) in [5, 5.41) is 0. The second-order valence-electron chi connectivity index (χ2n) is 7.08. The first-order valence-electron chi connectivity index (χ1n) is 9.04. The third-order valence-corrected chi connectivity index (χ3v) is 5.75. The summed E-state index contributed by atoms with van der Waals surface area (Å²) in [6.07, 6.45) is 5.34. The van der Waals surface area contributed by atoms with Crippen LogP contribution in [0.2, 0.25) is 0 Å². The smallest absolute Gasteiger partial charge is 0.254 e. The van der Waals surface area contributed by atoms with Crippen molar-refractivity contribution in [1.29, 1.82) is 0 Å². The lowest BCUT2D eigenvalue weighted by Crippen LogP contribution is -2.56. The molecule has 3 saturated heterocycles. The van der Waals surface area contributed by atoms with Crippen LogP contribution in [0.4, 0.5) is 0 Å². The highest BCUT2D eigenvalue weighted by molar-refractivity contribution is 5.96. The molecule has 3 aliphatic heterocycles. The van der Waals surface area contributed by atoms with Gasteiger partial charge in [-0.1, -0.05) is 12.1 Å². The molecule has 134 valence electrons. The quantitative estimate of drug-likeness (QED) is 0.891. The first-order chi connectivity index (χ1) is 12.7. The zero-order valence-corrected chi connectivity index (χ0v) is 14.4. The van der Waals surface area contributed by atoms with Crippen LogP contribution in [0.1, 0.15) is 29.6 Å². The van der Waals surface area contributed by atoms with Crippen LogP contribution < -0.4 is 0 Å². The number of imidazole rings is 1. The first kappa shape index (κ1) is 15.6. The predicted octanol–water partition coefficient (Wildman–Crippen LogP) is 1.64. The average Bonchev–Trinajstić information content (AvgIpc) is 3.37. The predicted molar refractivity (Wildman–Crippen MR) is 93.1 cm³/mol. The van der Waals surface area contributed by atoms with Crippen LogP contribution in [0.5, 0.6) is 0 Å².